The number of H-pyrrole nitrogens is 1. The minimum atomic E-state index is -0.468. The minimum Gasteiger partial charge on any atom is -0.359 e. The van der Waals surface area contributed by atoms with Gasteiger partial charge in [-0.2, -0.15) is 0 Å². The number of anilines is 1. The number of nitrogens with one attached hydrogen (secondary N) is 2. The number of rotatable bonds is 2. The Bertz CT molecular complexity index is 802. The molecule has 6 nitrogen and oxygen atoms in total. The molecule has 1 aliphatic rings. The van der Waals surface area contributed by atoms with Crippen molar-refractivity contribution in [3.8, 4) is 0 Å². The lowest BCUT2D eigenvalue weighted by molar-refractivity contribution is -0.384. The molecule has 2 heterocycles. The summed E-state index contributed by atoms with van der Waals surface area (Å²) in [7, 11) is 0. The van der Waals surface area contributed by atoms with Crippen molar-refractivity contribution in [3.05, 3.63) is 56.9 Å². The molecule has 2 aromatic rings. The molecule has 0 spiro atoms. The number of carbonyl (C=O) groups excluding carboxylic acids is 1. The molecule has 1 aromatic heterocycles. The first kappa shape index (κ1) is 13.1. The molecule has 2 N–H and O–H groups in total. The van der Waals surface area contributed by atoms with Crippen LogP contribution in [-0.4, -0.2) is 15.8 Å². The molecule has 0 unspecified atom stereocenters. The van der Waals surface area contributed by atoms with Crippen LogP contribution in [0, 0.1) is 24.0 Å². The first-order valence-electron chi connectivity index (χ1n) is 6.44. The van der Waals surface area contributed by atoms with Crippen molar-refractivity contribution in [2.75, 3.05) is 5.32 Å². The first-order chi connectivity index (χ1) is 9.95. The second-order valence-electron chi connectivity index (χ2n) is 5.05. The van der Waals surface area contributed by atoms with Gasteiger partial charge in [-0.25, -0.2) is 0 Å². The van der Waals surface area contributed by atoms with Crippen molar-refractivity contribution in [1.82, 2.24) is 4.98 Å². The second kappa shape index (κ2) is 4.59. The van der Waals surface area contributed by atoms with Gasteiger partial charge in [0.05, 0.1) is 10.5 Å². The molecule has 0 aliphatic carbocycles. The third-order valence-electron chi connectivity index (χ3n) is 3.48. The summed E-state index contributed by atoms with van der Waals surface area (Å²) in [5.41, 5.74) is 4.40. The third kappa shape index (κ3) is 2.20. The summed E-state index contributed by atoms with van der Waals surface area (Å²) in [5.74, 6) is -0.253. The van der Waals surface area contributed by atoms with Gasteiger partial charge in [-0.3, -0.25) is 14.9 Å². The number of aryl methyl sites for hydroxylation is 2. The Morgan fingerprint density at radius 1 is 1.24 bits per heavy atom. The first-order valence-corrected chi connectivity index (χ1v) is 6.44. The number of non-ortho nitro benzene ring substituents is 1. The molecule has 6 heteroatoms. The molecule has 1 amide bonds. The van der Waals surface area contributed by atoms with E-state index in [1.54, 1.807) is 12.1 Å². The molecule has 21 heavy (non-hydrogen) atoms. The van der Waals surface area contributed by atoms with E-state index < -0.39 is 4.92 Å². The molecular weight excluding hydrogens is 270 g/mol. The van der Waals surface area contributed by atoms with Gasteiger partial charge in [-0.1, -0.05) is 0 Å². The lowest BCUT2D eigenvalue weighted by atomic mass is 10.0. The average Bonchev–Trinajstić information content (AvgIpc) is 2.90. The van der Waals surface area contributed by atoms with Gasteiger partial charge in [0.1, 0.15) is 0 Å². The molecule has 0 saturated carbocycles. The van der Waals surface area contributed by atoms with Crippen LogP contribution in [0.2, 0.25) is 0 Å². The highest BCUT2D eigenvalue weighted by atomic mass is 16.6. The fourth-order valence-electron chi connectivity index (χ4n) is 2.48. The van der Waals surface area contributed by atoms with E-state index >= 15 is 0 Å². The highest BCUT2D eigenvalue weighted by Gasteiger charge is 2.26. The zero-order valence-corrected chi connectivity index (χ0v) is 11.6. The van der Waals surface area contributed by atoms with Gasteiger partial charge >= 0.3 is 0 Å². The van der Waals surface area contributed by atoms with Crippen LogP contribution in [0.4, 0.5) is 11.4 Å². The van der Waals surface area contributed by atoms with Crippen LogP contribution in [-0.2, 0) is 4.79 Å². The topological polar surface area (TPSA) is 88.0 Å². The van der Waals surface area contributed by atoms with Gasteiger partial charge in [-0.15, -0.1) is 0 Å². The zero-order chi connectivity index (χ0) is 15.1. The lowest BCUT2D eigenvalue weighted by Crippen LogP contribution is -2.03. The molecule has 0 saturated heterocycles. The Labute approximate surface area is 120 Å². The van der Waals surface area contributed by atoms with E-state index in [1.807, 2.05) is 19.9 Å². The molecule has 106 valence electrons. The number of benzene rings is 1. The standard InChI is InChI=1S/C15H13N3O3/c1-8-5-9(2)16-14(8)7-12-11-6-10(18(20)21)3-4-13(11)17-15(12)19/h3-7,16H,1-2H3,(H,17,19). The number of hydrogen-bond donors (Lipinski definition) is 2. The van der Waals surface area contributed by atoms with Gasteiger partial charge in [0, 0.05) is 34.8 Å². The van der Waals surface area contributed by atoms with Crippen LogP contribution in [0.25, 0.3) is 11.6 Å². The van der Waals surface area contributed by atoms with Crippen LogP contribution in [0.5, 0.6) is 0 Å². The molecule has 3 rings (SSSR count). The number of carbonyl (C=O) groups is 1. The Balaban J connectivity index is 2.13. The molecule has 0 bridgehead atoms. The van der Waals surface area contributed by atoms with Gasteiger partial charge in [-0.05, 0) is 37.6 Å². The third-order valence-corrected chi connectivity index (χ3v) is 3.48. The number of hydrogen-bond acceptors (Lipinski definition) is 3. The summed E-state index contributed by atoms with van der Waals surface area (Å²) in [6, 6.07) is 6.34. The van der Waals surface area contributed by atoms with Gasteiger partial charge in [0.15, 0.2) is 0 Å². The number of aromatic amines is 1. The van der Waals surface area contributed by atoms with E-state index in [-0.39, 0.29) is 11.6 Å². The van der Waals surface area contributed by atoms with Crippen molar-refractivity contribution < 1.29 is 9.72 Å². The summed E-state index contributed by atoms with van der Waals surface area (Å²) in [6.07, 6.45) is 1.73. The SMILES string of the molecule is Cc1cc(C)c(C=C2C(=O)Nc3ccc([N+](=O)[O-])cc32)[nH]1. The smallest absolute Gasteiger partial charge is 0.270 e. The highest BCUT2D eigenvalue weighted by Crippen LogP contribution is 2.35. The molecule has 0 fully saturated rings. The predicted octanol–water partition coefficient (Wildman–Crippen LogP) is 3.03. The fourth-order valence-corrected chi connectivity index (χ4v) is 2.48. The summed E-state index contributed by atoms with van der Waals surface area (Å²) >= 11 is 0. The van der Waals surface area contributed by atoms with Crippen LogP contribution in [0.3, 0.4) is 0 Å². The Hall–Kier alpha value is -2.89. The number of amides is 1. The molecule has 0 radical (unpaired) electrons. The van der Waals surface area contributed by atoms with E-state index in [0.29, 0.717) is 16.8 Å². The van der Waals surface area contributed by atoms with Crippen LogP contribution >= 0.6 is 0 Å². The van der Waals surface area contributed by atoms with E-state index in [9.17, 15) is 14.9 Å². The Morgan fingerprint density at radius 2 is 2.00 bits per heavy atom. The Kier molecular flexibility index (Phi) is 2.86. The quantitative estimate of drug-likeness (QED) is 0.504. The van der Waals surface area contributed by atoms with Gasteiger partial charge in [0.25, 0.3) is 11.6 Å². The predicted molar refractivity (Wildman–Crippen MR) is 79.9 cm³/mol. The maximum atomic E-state index is 12.1. The normalized spacial score (nSPS) is 15.1. The van der Waals surface area contributed by atoms with E-state index in [2.05, 4.69) is 10.3 Å². The highest BCUT2D eigenvalue weighted by molar-refractivity contribution is 6.35. The van der Waals surface area contributed by atoms with E-state index in [0.717, 1.165) is 17.0 Å². The molecular formula is C15H13N3O3. The number of fused-ring (bicyclic) bond motifs is 1. The van der Waals surface area contributed by atoms with E-state index in [1.165, 1.54) is 12.1 Å². The molecule has 0 atom stereocenters. The second-order valence-corrected chi connectivity index (χ2v) is 5.05. The minimum absolute atomic E-state index is 0.0319. The van der Waals surface area contributed by atoms with Crippen molar-refractivity contribution in [3.63, 3.8) is 0 Å². The number of aromatic nitrogens is 1. The largest absolute Gasteiger partial charge is 0.359 e. The summed E-state index contributed by atoms with van der Waals surface area (Å²) < 4.78 is 0. The van der Waals surface area contributed by atoms with Crippen LogP contribution in [0.1, 0.15) is 22.5 Å². The molecule has 1 aromatic carbocycles. The zero-order valence-electron chi connectivity index (χ0n) is 11.6. The van der Waals surface area contributed by atoms with E-state index in [4.69, 9.17) is 0 Å². The summed E-state index contributed by atoms with van der Waals surface area (Å²) in [6.45, 7) is 3.87. The number of nitro benzene ring substituents is 1. The van der Waals surface area contributed by atoms with Crippen molar-refractivity contribution in [1.29, 1.82) is 0 Å². The lowest BCUT2D eigenvalue weighted by Gasteiger charge is -1.99. The maximum Gasteiger partial charge on any atom is 0.270 e. The van der Waals surface area contributed by atoms with Crippen molar-refractivity contribution >= 4 is 28.9 Å². The average molecular weight is 283 g/mol. The summed E-state index contributed by atoms with van der Waals surface area (Å²) in [5, 5.41) is 13.6. The number of nitrogens with zero attached hydrogens (tertiary/aromatic N) is 1. The van der Waals surface area contributed by atoms with Crippen LogP contribution in [0.15, 0.2) is 24.3 Å². The summed E-state index contributed by atoms with van der Waals surface area (Å²) in [4.78, 5) is 25.7. The fraction of sp³-hybridized carbons (Fsp3) is 0.133. The van der Waals surface area contributed by atoms with Crippen molar-refractivity contribution in [2.24, 2.45) is 0 Å². The van der Waals surface area contributed by atoms with Crippen molar-refractivity contribution in [2.45, 2.75) is 13.8 Å². The number of nitro groups is 1. The Morgan fingerprint density at radius 3 is 2.62 bits per heavy atom. The van der Waals surface area contributed by atoms with Gasteiger partial charge in [0.2, 0.25) is 0 Å². The maximum absolute atomic E-state index is 12.1. The van der Waals surface area contributed by atoms with Crippen LogP contribution < -0.4 is 5.32 Å². The molecule has 1 aliphatic heterocycles. The monoisotopic (exact) mass is 283 g/mol. The van der Waals surface area contributed by atoms with Gasteiger partial charge < -0.3 is 10.3 Å².